The minimum Gasteiger partial charge on any atom is -0.383 e. The maximum absolute atomic E-state index is 6.23. The van der Waals surface area contributed by atoms with Crippen molar-refractivity contribution in [3.8, 4) is 0 Å². The van der Waals surface area contributed by atoms with Crippen LogP contribution >= 0.6 is 23.4 Å². The van der Waals surface area contributed by atoms with Crippen molar-refractivity contribution < 1.29 is 0 Å². The van der Waals surface area contributed by atoms with Crippen molar-refractivity contribution in [1.82, 2.24) is 15.3 Å². The summed E-state index contributed by atoms with van der Waals surface area (Å²) in [4.78, 5) is 9.19. The summed E-state index contributed by atoms with van der Waals surface area (Å²) in [5, 5.41) is 4.24. The highest BCUT2D eigenvalue weighted by molar-refractivity contribution is 7.99. The molecule has 1 aromatic carbocycles. The van der Waals surface area contributed by atoms with Gasteiger partial charge in [-0.3, -0.25) is 0 Å². The van der Waals surface area contributed by atoms with Crippen LogP contribution in [0.15, 0.2) is 34.3 Å². The molecule has 100 valence electrons. The Kier molecular flexibility index (Phi) is 4.47. The molecule has 0 aliphatic heterocycles. The number of aromatic nitrogens is 2. The highest BCUT2D eigenvalue weighted by Crippen LogP contribution is 2.34. The Morgan fingerprint density at radius 1 is 1.26 bits per heavy atom. The van der Waals surface area contributed by atoms with E-state index in [1.54, 1.807) is 0 Å². The summed E-state index contributed by atoms with van der Waals surface area (Å²) in [5.74, 6) is 0.689. The van der Waals surface area contributed by atoms with Crippen molar-refractivity contribution in [3.63, 3.8) is 0 Å². The smallest absolute Gasteiger partial charge is 0.196 e. The molecule has 1 aromatic heterocycles. The normalized spacial score (nSPS) is 10.6. The molecule has 5 nitrogen and oxygen atoms in total. The quantitative estimate of drug-likeness (QED) is 0.749. The molecule has 0 saturated heterocycles. The van der Waals surface area contributed by atoms with Gasteiger partial charge in [0.1, 0.15) is 11.6 Å². The number of nitrogen functional groups attached to an aromatic ring is 2. The number of nitrogens with one attached hydrogen (secondary N) is 1. The fraction of sp³-hybridized carbons (Fsp3) is 0.167. The number of hydrogen-bond donors (Lipinski definition) is 3. The number of rotatable bonds is 4. The molecule has 0 unspecified atom stereocenters. The zero-order chi connectivity index (χ0) is 13.8. The Balaban J connectivity index is 2.36. The van der Waals surface area contributed by atoms with E-state index in [-0.39, 0.29) is 0 Å². The molecule has 0 amide bonds. The standard InChI is InChI=1S/C12H14ClN5S/c1-16-6-7-3-2-4-8(13)11(7)19-12-17-9(14)5-10(15)18-12/h2-5,16H,6H2,1H3,(H4,14,15,17,18). The number of halogens is 1. The second-order valence-corrected chi connectivity index (χ2v) is 5.25. The second kappa shape index (κ2) is 6.10. The zero-order valence-electron chi connectivity index (χ0n) is 10.4. The molecule has 2 aromatic rings. The average molecular weight is 296 g/mol. The maximum Gasteiger partial charge on any atom is 0.196 e. The first-order valence-electron chi connectivity index (χ1n) is 5.60. The van der Waals surface area contributed by atoms with Gasteiger partial charge >= 0.3 is 0 Å². The number of nitrogens with two attached hydrogens (primary N) is 2. The molecule has 0 bridgehead atoms. The lowest BCUT2D eigenvalue weighted by Gasteiger charge is -2.10. The number of anilines is 2. The van der Waals surface area contributed by atoms with Gasteiger partial charge in [0.2, 0.25) is 0 Å². The van der Waals surface area contributed by atoms with Crippen LogP contribution in [0.5, 0.6) is 0 Å². The van der Waals surface area contributed by atoms with E-state index in [1.807, 2.05) is 25.2 Å². The molecule has 5 N–H and O–H groups in total. The molecule has 1 heterocycles. The van der Waals surface area contributed by atoms with E-state index in [4.69, 9.17) is 23.1 Å². The second-order valence-electron chi connectivity index (χ2n) is 3.86. The van der Waals surface area contributed by atoms with E-state index in [9.17, 15) is 0 Å². The molecule has 0 atom stereocenters. The molecule has 0 fully saturated rings. The Hall–Kier alpha value is -1.50. The molecule has 0 saturated carbocycles. The van der Waals surface area contributed by atoms with E-state index >= 15 is 0 Å². The molecule has 0 aliphatic carbocycles. The van der Waals surface area contributed by atoms with Gasteiger partial charge in [-0.05, 0) is 30.4 Å². The third-order valence-electron chi connectivity index (χ3n) is 2.35. The summed E-state index contributed by atoms with van der Waals surface area (Å²) in [6.45, 7) is 0.709. The van der Waals surface area contributed by atoms with Crippen molar-refractivity contribution in [2.24, 2.45) is 0 Å². The van der Waals surface area contributed by atoms with Gasteiger partial charge in [0.05, 0.1) is 5.02 Å². The van der Waals surface area contributed by atoms with Crippen LogP contribution in [0.3, 0.4) is 0 Å². The van der Waals surface area contributed by atoms with Gasteiger partial charge in [0.25, 0.3) is 0 Å². The lowest BCUT2D eigenvalue weighted by atomic mass is 10.2. The molecule has 0 aliphatic rings. The number of nitrogens with zero attached hydrogens (tertiary/aromatic N) is 2. The van der Waals surface area contributed by atoms with Crippen LogP contribution in [0.25, 0.3) is 0 Å². The van der Waals surface area contributed by atoms with E-state index in [2.05, 4.69) is 15.3 Å². The van der Waals surface area contributed by atoms with E-state index in [1.165, 1.54) is 17.8 Å². The summed E-state index contributed by atoms with van der Waals surface area (Å²) >= 11 is 7.58. The van der Waals surface area contributed by atoms with Gasteiger partial charge in [-0.25, -0.2) is 9.97 Å². The summed E-state index contributed by atoms with van der Waals surface area (Å²) in [6, 6.07) is 7.26. The van der Waals surface area contributed by atoms with Crippen molar-refractivity contribution >= 4 is 35.0 Å². The van der Waals surface area contributed by atoms with Gasteiger partial charge in [-0.2, -0.15) is 0 Å². The van der Waals surface area contributed by atoms with Crippen LogP contribution in [0.1, 0.15) is 5.56 Å². The topological polar surface area (TPSA) is 89.8 Å². The highest BCUT2D eigenvalue weighted by Gasteiger charge is 2.11. The fourth-order valence-electron chi connectivity index (χ4n) is 1.60. The number of benzene rings is 1. The van der Waals surface area contributed by atoms with Crippen LogP contribution in [0.4, 0.5) is 11.6 Å². The van der Waals surface area contributed by atoms with Crippen molar-refractivity contribution in [2.75, 3.05) is 18.5 Å². The first-order chi connectivity index (χ1) is 9.10. The summed E-state index contributed by atoms with van der Waals surface area (Å²) in [6.07, 6.45) is 0. The largest absolute Gasteiger partial charge is 0.383 e. The Bertz CT molecular complexity index is 570. The Labute approximate surface area is 120 Å². The zero-order valence-corrected chi connectivity index (χ0v) is 11.9. The molecular weight excluding hydrogens is 282 g/mol. The van der Waals surface area contributed by atoms with Gasteiger partial charge in [-0.15, -0.1) is 0 Å². The van der Waals surface area contributed by atoms with E-state index < -0.39 is 0 Å². The monoisotopic (exact) mass is 295 g/mol. The molecule has 2 rings (SSSR count). The Morgan fingerprint density at radius 2 is 1.95 bits per heavy atom. The minimum absolute atomic E-state index is 0.345. The van der Waals surface area contributed by atoms with Crippen LogP contribution in [0.2, 0.25) is 5.02 Å². The van der Waals surface area contributed by atoms with Crippen molar-refractivity contribution in [2.45, 2.75) is 16.6 Å². The lowest BCUT2D eigenvalue weighted by molar-refractivity contribution is 0.803. The van der Waals surface area contributed by atoms with Crippen LogP contribution in [0, 0.1) is 0 Å². The SMILES string of the molecule is CNCc1cccc(Cl)c1Sc1nc(N)cc(N)n1. The van der Waals surface area contributed by atoms with Gasteiger partial charge in [-0.1, -0.05) is 23.7 Å². The molecular formula is C12H14ClN5S. The lowest BCUT2D eigenvalue weighted by Crippen LogP contribution is -2.06. The van der Waals surface area contributed by atoms with Crippen LogP contribution in [-0.4, -0.2) is 17.0 Å². The Morgan fingerprint density at radius 3 is 2.58 bits per heavy atom. The minimum atomic E-state index is 0.345. The summed E-state index contributed by atoms with van der Waals surface area (Å²) in [5.41, 5.74) is 12.4. The fourth-order valence-corrected chi connectivity index (χ4v) is 2.83. The van der Waals surface area contributed by atoms with Crippen LogP contribution < -0.4 is 16.8 Å². The predicted octanol–water partition coefficient (Wildman–Crippen LogP) is 2.17. The summed E-state index contributed by atoms with van der Waals surface area (Å²) in [7, 11) is 1.88. The van der Waals surface area contributed by atoms with Crippen LogP contribution in [-0.2, 0) is 6.54 Å². The van der Waals surface area contributed by atoms with Gasteiger partial charge in [0, 0.05) is 17.5 Å². The van der Waals surface area contributed by atoms with E-state index in [0.29, 0.717) is 28.4 Å². The molecule has 0 spiro atoms. The van der Waals surface area contributed by atoms with Crippen molar-refractivity contribution in [3.05, 3.63) is 34.9 Å². The molecule has 19 heavy (non-hydrogen) atoms. The molecule has 7 heteroatoms. The highest BCUT2D eigenvalue weighted by atomic mass is 35.5. The average Bonchev–Trinajstić information content (AvgIpc) is 2.32. The third kappa shape index (κ3) is 3.50. The van der Waals surface area contributed by atoms with Gasteiger partial charge in [0.15, 0.2) is 5.16 Å². The predicted molar refractivity (Wildman–Crippen MR) is 79.2 cm³/mol. The van der Waals surface area contributed by atoms with E-state index in [0.717, 1.165) is 10.5 Å². The first kappa shape index (κ1) is 13.9. The number of hydrogen-bond acceptors (Lipinski definition) is 6. The molecule has 0 radical (unpaired) electrons. The third-order valence-corrected chi connectivity index (χ3v) is 3.83. The first-order valence-corrected chi connectivity index (χ1v) is 6.79. The van der Waals surface area contributed by atoms with Crippen molar-refractivity contribution in [1.29, 1.82) is 0 Å². The van der Waals surface area contributed by atoms with Gasteiger partial charge < -0.3 is 16.8 Å². The summed E-state index contributed by atoms with van der Waals surface area (Å²) < 4.78 is 0. The maximum atomic E-state index is 6.23.